The fraction of sp³-hybridized carbons (Fsp3) is 0.304. The maximum absolute atomic E-state index is 12.6. The van der Waals surface area contributed by atoms with E-state index in [9.17, 15) is 4.79 Å². The lowest BCUT2D eigenvalue weighted by molar-refractivity contribution is -0.113. The van der Waals surface area contributed by atoms with Crippen LogP contribution in [0.5, 0.6) is 23.0 Å². The minimum Gasteiger partial charge on any atom is -0.497 e. The van der Waals surface area contributed by atoms with Crippen LogP contribution in [-0.4, -0.2) is 49.9 Å². The number of thioether (sulfide) groups is 1. The number of benzene rings is 2. The van der Waals surface area contributed by atoms with Crippen LogP contribution in [0.25, 0.3) is 5.69 Å². The average molecular weight is 456 g/mol. The summed E-state index contributed by atoms with van der Waals surface area (Å²) in [5.74, 6) is 3.27. The average Bonchev–Trinajstić information content (AvgIpc) is 3.02. The molecule has 1 aliphatic rings. The molecule has 168 valence electrons. The summed E-state index contributed by atoms with van der Waals surface area (Å²) in [6.07, 6.45) is 0. The third-order valence-corrected chi connectivity index (χ3v) is 6.58. The van der Waals surface area contributed by atoms with Crippen molar-refractivity contribution in [2.45, 2.75) is 12.2 Å². The first-order valence-electron chi connectivity index (χ1n) is 9.96. The molecule has 0 bridgehead atoms. The van der Waals surface area contributed by atoms with Gasteiger partial charge in [-0.1, -0.05) is 0 Å². The van der Waals surface area contributed by atoms with Crippen molar-refractivity contribution in [2.75, 3.05) is 39.5 Å². The number of carbonyl (C=O) groups is 1. The smallest absolute Gasteiger partial charge is 0.235 e. The second-order valence-corrected chi connectivity index (χ2v) is 8.25. The molecule has 0 fully saturated rings. The molecule has 1 atom stereocenters. The molecule has 2 aromatic carbocycles. The third-order valence-electron chi connectivity index (χ3n) is 5.31. The van der Waals surface area contributed by atoms with E-state index in [2.05, 4.69) is 5.32 Å². The normalized spacial score (nSPS) is 15.4. The Morgan fingerprint density at radius 3 is 2.22 bits per heavy atom. The van der Waals surface area contributed by atoms with Crippen LogP contribution in [0.3, 0.4) is 0 Å². The maximum Gasteiger partial charge on any atom is 0.235 e. The van der Waals surface area contributed by atoms with Gasteiger partial charge < -0.3 is 24.3 Å². The highest BCUT2D eigenvalue weighted by Gasteiger charge is 2.32. The maximum atomic E-state index is 12.6. The zero-order valence-electron chi connectivity index (χ0n) is 18.6. The zero-order chi connectivity index (χ0) is 22.8. The fourth-order valence-electron chi connectivity index (χ4n) is 3.81. The van der Waals surface area contributed by atoms with Gasteiger partial charge in [-0.2, -0.15) is 5.10 Å². The number of methoxy groups -OCH3 is 4. The van der Waals surface area contributed by atoms with Gasteiger partial charge in [0.2, 0.25) is 11.7 Å². The predicted molar refractivity (Wildman–Crippen MR) is 124 cm³/mol. The minimum absolute atomic E-state index is 0.0825. The highest BCUT2D eigenvalue weighted by Crippen LogP contribution is 2.48. The Kier molecular flexibility index (Phi) is 6.18. The van der Waals surface area contributed by atoms with Crippen LogP contribution in [0.1, 0.15) is 22.1 Å². The van der Waals surface area contributed by atoms with Crippen molar-refractivity contribution in [3.63, 3.8) is 0 Å². The Morgan fingerprint density at radius 2 is 1.66 bits per heavy atom. The molecule has 0 aliphatic carbocycles. The summed E-state index contributed by atoms with van der Waals surface area (Å²) in [4.78, 5) is 12.6. The van der Waals surface area contributed by atoms with Gasteiger partial charge in [-0.3, -0.25) is 4.79 Å². The van der Waals surface area contributed by atoms with E-state index in [1.165, 1.54) is 11.8 Å². The number of aromatic nitrogens is 2. The van der Waals surface area contributed by atoms with Crippen molar-refractivity contribution in [3.8, 4) is 28.7 Å². The molecular weight excluding hydrogens is 430 g/mol. The first kappa shape index (κ1) is 21.9. The van der Waals surface area contributed by atoms with Crippen LogP contribution in [0, 0.1) is 6.92 Å². The van der Waals surface area contributed by atoms with Gasteiger partial charge in [0.05, 0.1) is 50.8 Å². The molecule has 8 nitrogen and oxygen atoms in total. The van der Waals surface area contributed by atoms with Crippen molar-refractivity contribution < 1.29 is 23.7 Å². The zero-order valence-corrected chi connectivity index (χ0v) is 19.4. The summed E-state index contributed by atoms with van der Waals surface area (Å²) in [6.45, 7) is 1.95. The Labute approximate surface area is 190 Å². The van der Waals surface area contributed by atoms with Gasteiger partial charge >= 0.3 is 0 Å². The summed E-state index contributed by atoms with van der Waals surface area (Å²) in [7, 11) is 6.37. The molecule has 3 aromatic rings. The van der Waals surface area contributed by atoms with Crippen molar-refractivity contribution >= 4 is 23.5 Å². The summed E-state index contributed by atoms with van der Waals surface area (Å²) in [5.41, 5.74) is 3.51. The largest absolute Gasteiger partial charge is 0.497 e. The predicted octanol–water partition coefficient (Wildman–Crippen LogP) is 3.99. The fourth-order valence-corrected chi connectivity index (χ4v) is 4.98. The minimum atomic E-state index is -0.162. The first-order chi connectivity index (χ1) is 15.5. The molecule has 32 heavy (non-hydrogen) atoms. The number of carbonyl (C=O) groups excluding carboxylic acids is 1. The molecule has 0 spiro atoms. The molecule has 0 saturated heterocycles. The van der Waals surface area contributed by atoms with Gasteiger partial charge in [-0.05, 0) is 48.9 Å². The van der Waals surface area contributed by atoms with Crippen LogP contribution in [0.2, 0.25) is 0 Å². The molecule has 0 radical (unpaired) electrons. The molecule has 2 heterocycles. The number of hydrogen-bond donors (Lipinski definition) is 1. The van der Waals surface area contributed by atoms with Crippen molar-refractivity contribution in [2.24, 2.45) is 0 Å². The number of nitrogens with one attached hydrogen (secondary N) is 1. The van der Waals surface area contributed by atoms with Gasteiger partial charge in [-0.15, -0.1) is 11.8 Å². The van der Waals surface area contributed by atoms with Gasteiger partial charge in [0.25, 0.3) is 0 Å². The number of hydrogen-bond acceptors (Lipinski definition) is 7. The van der Waals surface area contributed by atoms with Crippen molar-refractivity contribution in [1.29, 1.82) is 0 Å². The number of amides is 1. The molecule has 1 N–H and O–H groups in total. The highest BCUT2D eigenvalue weighted by atomic mass is 32.2. The highest BCUT2D eigenvalue weighted by molar-refractivity contribution is 8.00. The summed E-state index contributed by atoms with van der Waals surface area (Å²) >= 11 is 1.53. The summed E-state index contributed by atoms with van der Waals surface area (Å²) < 4.78 is 23.6. The Morgan fingerprint density at radius 1 is 1.00 bits per heavy atom. The Bertz CT molecular complexity index is 1120. The van der Waals surface area contributed by atoms with E-state index in [4.69, 9.17) is 24.0 Å². The van der Waals surface area contributed by atoms with E-state index < -0.39 is 0 Å². The van der Waals surface area contributed by atoms with Crippen LogP contribution in [0.15, 0.2) is 36.4 Å². The lowest BCUT2D eigenvalue weighted by Gasteiger charge is -2.19. The van der Waals surface area contributed by atoms with Gasteiger partial charge in [0.15, 0.2) is 11.5 Å². The number of anilines is 1. The first-order valence-corrected chi connectivity index (χ1v) is 11.0. The number of aryl methyl sites for hydroxylation is 1. The van der Waals surface area contributed by atoms with Crippen LogP contribution >= 0.6 is 11.8 Å². The number of nitrogens with zero attached hydrogens (tertiary/aromatic N) is 2. The SMILES string of the molecule is COc1ccc(-n2nc(C)c3c2NC(=O)CS[C@H]3c2cc(OC)c(OC)c(OC)c2)cc1. The molecule has 1 aromatic heterocycles. The summed E-state index contributed by atoms with van der Waals surface area (Å²) in [5, 5.41) is 7.63. The molecule has 0 saturated carbocycles. The van der Waals surface area contributed by atoms with Gasteiger partial charge in [0, 0.05) is 5.56 Å². The van der Waals surface area contributed by atoms with Gasteiger partial charge in [0.1, 0.15) is 11.6 Å². The third kappa shape index (κ3) is 3.84. The Hall–Kier alpha value is -3.33. The van der Waals surface area contributed by atoms with Crippen molar-refractivity contribution in [1.82, 2.24) is 9.78 Å². The quantitative estimate of drug-likeness (QED) is 0.602. The molecule has 1 aliphatic heterocycles. The topological polar surface area (TPSA) is 83.8 Å². The molecule has 9 heteroatoms. The van der Waals surface area contributed by atoms with E-state index in [-0.39, 0.29) is 11.2 Å². The second-order valence-electron chi connectivity index (χ2n) is 7.16. The van der Waals surface area contributed by atoms with E-state index in [1.807, 2.05) is 43.3 Å². The molecule has 1 amide bonds. The van der Waals surface area contributed by atoms with Gasteiger partial charge in [-0.25, -0.2) is 4.68 Å². The van der Waals surface area contributed by atoms with Crippen LogP contribution in [0.4, 0.5) is 5.82 Å². The van der Waals surface area contributed by atoms with E-state index in [0.29, 0.717) is 28.8 Å². The molecule has 0 unspecified atom stereocenters. The van der Waals surface area contributed by atoms with Crippen LogP contribution in [-0.2, 0) is 4.79 Å². The Balaban J connectivity index is 1.87. The monoisotopic (exact) mass is 455 g/mol. The lowest BCUT2D eigenvalue weighted by Crippen LogP contribution is -2.15. The standard InChI is InChI=1S/C23H25N3O5S/c1-13-20-22(14-10-17(29-3)21(31-5)18(11-14)30-4)32-12-19(27)24-23(20)26(25-13)15-6-8-16(28-2)9-7-15/h6-11,22H,12H2,1-5H3,(H,24,27)/t22-/m0/s1. The lowest BCUT2D eigenvalue weighted by atomic mass is 10.0. The van der Waals surface area contributed by atoms with Crippen molar-refractivity contribution in [3.05, 3.63) is 53.2 Å². The van der Waals surface area contributed by atoms with Crippen LogP contribution < -0.4 is 24.3 Å². The second kappa shape index (κ2) is 9.04. The number of rotatable bonds is 6. The summed E-state index contributed by atoms with van der Waals surface area (Å²) in [6, 6.07) is 11.4. The van der Waals surface area contributed by atoms with E-state index >= 15 is 0 Å². The number of ether oxygens (including phenoxy) is 4. The molecule has 4 rings (SSSR count). The number of fused-ring (bicyclic) bond motifs is 1. The molecular formula is C23H25N3O5S. The van der Waals surface area contributed by atoms with E-state index in [0.717, 1.165) is 28.3 Å². The van der Waals surface area contributed by atoms with E-state index in [1.54, 1.807) is 33.1 Å².